The molecular formula is C15H21N3. The first kappa shape index (κ1) is 12.7. The Labute approximate surface area is 109 Å². The predicted molar refractivity (Wildman–Crippen MR) is 79.0 cm³/mol. The molecule has 2 N–H and O–H groups in total. The Morgan fingerprint density at radius 2 is 2.06 bits per heavy atom. The van der Waals surface area contributed by atoms with Gasteiger partial charge in [0.05, 0.1) is 11.2 Å². The molecule has 0 radical (unpaired) electrons. The van der Waals surface area contributed by atoms with Crippen molar-refractivity contribution in [3.63, 3.8) is 0 Å². The number of benzene rings is 1. The molecule has 0 aliphatic carbocycles. The Morgan fingerprint density at radius 1 is 1.22 bits per heavy atom. The Kier molecular flexibility index (Phi) is 4.03. The standard InChI is InChI=1S/C15H21N3/c1-3-4-5-11-18(2)14-9-8-13(16)12-7-6-10-17-15(12)14/h6-10H,3-5,11,16H2,1-2H3. The third-order valence-corrected chi connectivity index (χ3v) is 3.29. The molecule has 1 heterocycles. The van der Waals surface area contributed by atoms with E-state index in [0.29, 0.717) is 0 Å². The molecule has 2 rings (SSSR count). The van der Waals surface area contributed by atoms with Crippen LogP contribution in [0.25, 0.3) is 10.9 Å². The summed E-state index contributed by atoms with van der Waals surface area (Å²) in [6, 6.07) is 7.99. The summed E-state index contributed by atoms with van der Waals surface area (Å²) in [4.78, 5) is 6.74. The summed E-state index contributed by atoms with van der Waals surface area (Å²) >= 11 is 0. The van der Waals surface area contributed by atoms with Gasteiger partial charge in [-0.25, -0.2) is 0 Å². The molecule has 0 aliphatic rings. The minimum absolute atomic E-state index is 0.795. The van der Waals surface area contributed by atoms with Crippen LogP contribution in [0.15, 0.2) is 30.5 Å². The summed E-state index contributed by atoms with van der Waals surface area (Å²) in [5, 5.41) is 1.04. The normalized spacial score (nSPS) is 10.8. The van der Waals surface area contributed by atoms with E-state index in [2.05, 4.69) is 29.9 Å². The van der Waals surface area contributed by atoms with Crippen molar-refractivity contribution in [3.05, 3.63) is 30.5 Å². The Bertz CT molecular complexity index is 522. The van der Waals surface area contributed by atoms with Crippen molar-refractivity contribution in [3.8, 4) is 0 Å². The maximum absolute atomic E-state index is 5.99. The number of hydrogen-bond acceptors (Lipinski definition) is 3. The molecule has 2 aromatic rings. The number of rotatable bonds is 5. The number of nitrogens with two attached hydrogens (primary N) is 1. The number of aromatic nitrogens is 1. The molecule has 0 spiro atoms. The van der Waals surface area contributed by atoms with E-state index in [-0.39, 0.29) is 0 Å². The zero-order valence-electron chi connectivity index (χ0n) is 11.2. The average Bonchev–Trinajstić information content (AvgIpc) is 2.39. The van der Waals surface area contributed by atoms with Crippen molar-refractivity contribution in [2.75, 3.05) is 24.2 Å². The lowest BCUT2D eigenvalue weighted by Crippen LogP contribution is -2.19. The van der Waals surface area contributed by atoms with Crippen LogP contribution in [-0.4, -0.2) is 18.6 Å². The van der Waals surface area contributed by atoms with Crippen LogP contribution in [-0.2, 0) is 0 Å². The molecule has 18 heavy (non-hydrogen) atoms. The lowest BCUT2D eigenvalue weighted by Gasteiger charge is -2.21. The average molecular weight is 243 g/mol. The van der Waals surface area contributed by atoms with Crippen LogP contribution in [0.2, 0.25) is 0 Å². The topological polar surface area (TPSA) is 42.1 Å². The lowest BCUT2D eigenvalue weighted by atomic mass is 10.1. The highest BCUT2D eigenvalue weighted by Crippen LogP contribution is 2.28. The van der Waals surface area contributed by atoms with Crippen LogP contribution in [0.5, 0.6) is 0 Å². The van der Waals surface area contributed by atoms with Gasteiger partial charge in [-0.3, -0.25) is 4.98 Å². The first-order valence-corrected chi connectivity index (χ1v) is 6.58. The quantitative estimate of drug-likeness (QED) is 0.646. The van der Waals surface area contributed by atoms with Crippen LogP contribution >= 0.6 is 0 Å². The second-order valence-corrected chi connectivity index (χ2v) is 4.70. The number of pyridine rings is 1. The summed E-state index contributed by atoms with van der Waals surface area (Å²) < 4.78 is 0. The fourth-order valence-electron chi connectivity index (χ4n) is 2.21. The van der Waals surface area contributed by atoms with Crippen molar-refractivity contribution < 1.29 is 0 Å². The van der Waals surface area contributed by atoms with Gasteiger partial charge in [0.2, 0.25) is 0 Å². The molecule has 0 amide bonds. The number of nitrogens with zero attached hydrogens (tertiary/aromatic N) is 2. The van der Waals surface area contributed by atoms with Gasteiger partial charge in [0.15, 0.2) is 0 Å². The Hall–Kier alpha value is -1.77. The molecule has 0 aliphatic heterocycles. The van der Waals surface area contributed by atoms with Crippen molar-refractivity contribution in [1.82, 2.24) is 4.98 Å². The van der Waals surface area contributed by atoms with Crippen LogP contribution in [0.1, 0.15) is 26.2 Å². The summed E-state index contributed by atoms with van der Waals surface area (Å²) in [5.41, 5.74) is 8.94. The summed E-state index contributed by atoms with van der Waals surface area (Å²) in [7, 11) is 2.12. The zero-order valence-corrected chi connectivity index (χ0v) is 11.2. The lowest BCUT2D eigenvalue weighted by molar-refractivity contribution is 0.706. The van der Waals surface area contributed by atoms with Gasteiger partial charge >= 0.3 is 0 Å². The SMILES string of the molecule is CCCCCN(C)c1ccc(N)c2cccnc12. The molecule has 0 unspecified atom stereocenters. The second kappa shape index (κ2) is 5.71. The van der Waals surface area contributed by atoms with E-state index in [9.17, 15) is 0 Å². The zero-order chi connectivity index (χ0) is 13.0. The molecule has 0 fully saturated rings. The molecule has 3 heteroatoms. The van der Waals surface area contributed by atoms with E-state index < -0.39 is 0 Å². The fraction of sp³-hybridized carbons (Fsp3) is 0.400. The van der Waals surface area contributed by atoms with E-state index in [0.717, 1.165) is 28.8 Å². The largest absolute Gasteiger partial charge is 0.398 e. The summed E-state index contributed by atoms with van der Waals surface area (Å²) in [5.74, 6) is 0. The van der Waals surface area contributed by atoms with Gasteiger partial charge in [-0.1, -0.05) is 19.8 Å². The van der Waals surface area contributed by atoms with Gasteiger partial charge in [0.25, 0.3) is 0 Å². The smallest absolute Gasteiger partial charge is 0.0955 e. The van der Waals surface area contributed by atoms with Crippen LogP contribution in [0.3, 0.4) is 0 Å². The highest BCUT2D eigenvalue weighted by Gasteiger charge is 2.08. The molecule has 3 nitrogen and oxygen atoms in total. The first-order chi connectivity index (χ1) is 8.74. The predicted octanol–water partition coefficient (Wildman–Crippen LogP) is 3.44. The van der Waals surface area contributed by atoms with Crippen LogP contribution in [0.4, 0.5) is 11.4 Å². The molecule has 0 saturated carbocycles. The van der Waals surface area contributed by atoms with E-state index >= 15 is 0 Å². The highest BCUT2D eigenvalue weighted by atomic mass is 15.1. The van der Waals surface area contributed by atoms with Gasteiger partial charge in [-0.05, 0) is 30.7 Å². The van der Waals surface area contributed by atoms with Gasteiger partial charge in [-0.2, -0.15) is 0 Å². The number of hydrogen-bond donors (Lipinski definition) is 1. The van der Waals surface area contributed by atoms with E-state index in [1.54, 1.807) is 0 Å². The van der Waals surface area contributed by atoms with Crippen molar-refractivity contribution in [1.29, 1.82) is 0 Å². The monoisotopic (exact) mass is 243 g/mol. The van der Waals surface area contributed by atoms with Crippen molar-refractivity contribution in [2.45, 2.75) is 26.2 Å². The Morgan fingerprint density at radius 3 is 2.83 bits per heavy atom. The van der Waals surface area contributed by atoms with Gasteiger partial charge in [0.1, 0.15) is 0 Å². The number of nitrogen functional groups attached to an aromatic ring is 1. The summed E-state index contributed by atoms with van der Waals surface area (Å²) in [6.45, 7) is 3.28. The van der Waals surface area contributed by atoms with Crippen molar-refractivity contribution in [2.24, 2.45) is 0 Å². The van der Waals surface area contributed by atoms with E-state index in [1.807, 2.05) is 24.4 Å². The minimum atomic E-state index is 0.795. The van der Waals surface area contributed by atoms with Crippen molar-refractivity contribution >= 4 is 22.3 Å². The number of fused-ring (bicyclic) bond motifs is 1. The maximum Gasteiger partial charge on any atom is 0.0955 e. The fourth-order valence-corrected chi connectivity index (χ4v) is 2.21. The molecular weight excluding hydrogens is 222 g/mol. The molecule has 0 saturated heterocycles. The second-order valence-electron chi connectivity index (χ2n) is 4.70. The molecule has 0 atom stereocenters. The van der Waals surface area contributed by atoms with Crippen LogP contribution in [0, 0.1) is 0 Å². The number of unbranched alkanes of at least 4 members (excludes halogenated alkanes) is 2. The third-order valence-electron chi connectivity index (χ3n) is 3.29. The third kappa shape index (κ3) is 2.55. The van der Waals surface area contributed by atoms with E-state index in [4.69, 9.17) is 5.73 Å². The molecule has 96 valence electrons. The van der Waals surface area contributed by atoms with Gasteiger partial charge in [-0.15, -0.1) is 0 Å². The minimum Gasteiger partial charge on any atom is -0.398 e. The molecule has 0 bridgehead atoms. The molecule has 1 aromatic heterocycles. The maximum atomic E-state index is 5.99. The molecule has 1 aromatic carbocycles. The summed E-state index contributed by atoms with van der Waals surface area (Å²) in [6.07, 6.45) is 5.55. The first-order valence-electron chi connectivity index (χ1n) is 6.58. The van der Waals surface area contributed by atoms with Gasteiger partial charge < -0.3 is 10.6 Å². The number of anilines is 2. The van der Waals surface area contributed by atoms with Gasteiger partial charge in [0, 0.05) is 30.9 Å². The van der Waals surface area contributed by atoms with Crippen LogP contribution < -0.4 is 10.6 Å². The Balaban J connectivity index is 2.30. The highest BCUT2D eigenvalue weighted by molar-refractivity contribution is 5.98. The van der Waals surface area contributed by atoms with E-state index in [1.165, 1.54) is 19.3 Å².